The second kappa shape index (κ2) is 8.19. The number of halogens is 2. The minimum atomic E-state index is -0.346. The molecule has 5 nitrogen and oxygen atoms in total. The van der Waals surface area contributed by atoms with Crippen molar-refractivity contribution in [3.8, 4) is 0 Å². The molecule has 0 aromatic heterocycles. The topological polar surface area (TPSA) is 49.9 Å². The molecule has 0 N–H and O–H groups in total. The summed E-state index contributed by atoms with van der Waals surface area (Å²) in [5.74, 6) is -0.653. The first-order valence-corrected chi connectivity index (χ1v) is 10.2. The van der Waals surface area contributed by atoms with Crippen LogP contribution >= 0.6 is 23.2 Å². The van der Waals surface area contributed by atoms with E-state index in [1.54, 1.807) is 18.2 Å². The second-order valence-corrected chi connectivity index (χ2v) is 7.97. The normalized spacial score (nSPS) is 17.5. The average molecular weight is 431 g/mol. The fourth-order valence-electron chi connectivity index (χ4n) is 3.60. The Bertz CT molecular complexity index is 996. The van der Waals surface area contributed by atoms with Gasteiger partial charge in [0, 0.05) is 23.7 Å². The van der Waals surface area contributed by atoms with E-state index in [1.165, 1.54) is 4.90 Å². The summed E-state index contributed by atoms with van der Waals surface area (Å²) in [5.41, 5.74) is 3.23. The Balaban J connectivity index is 1.76. The van der Waals surface area contributed by atoms with Crippen molar-refractivity contribution in [1.29, 1.82) is 0 Å². The van der Waals surface area contributed by atoms with Gasteiger partial charge < -0.3 is 9.64 Å². The molecule has 0 radical (unpaired) electrons. The van der Waals surface area contributed by atoms with Crippen molar-refractivity contribution in [2.75, 3.05) is 26.3 Å². The zero-order valence-corrected chi connectivity index (χ0v) is 17.5. The van der Waals surface area contributed by atoms with E-state index in [9.17, 15) is 9.59 Å². The van der Waals surface area contributed by atoms with Crippen molar-refractivity contribution in [2.24, 2.45) is 0 Å². The molecule has 2 heterocycles. The van der Waals surface area contributed by atoms with E-state index in [4.69, 9.17) is 27.9 Å². The number of carbonyl (C=O) groups is 2. The maximum atomic E-state index is 13.4. The molecule has 29 heavy (non-hydrogen) atoms. The fourth-order valence-corrected chi connectivity index (χ4v) is 4.10. The lowest BCUT2D eigenvalue weighted by atomic mass is 10.0. The first-order valence-electron chi connectivity index (χ1n) is 9.40. The molecule has 150 valence electrons. The lowest BCUT2D eigenvalue weighted by molar-refractivity contribution is -0.138. The first-order chi connectivity index (χ1) is 14.0. The SMILES string of the molecule is Cc1ccc(CN2C(=O)C(c3ccc(Cl)cc3Cl)=C(N3CCOCC3)C2=O)cc1. The number of rotatable bonds is 4. The Morgan fingerprint density at radius 2 is 1.66 bits per heavy atom. The Morgan fingerprint density at radius 3 is 2.31 bits per heavy atom. The Labute approximate surface area is 179 Å². The maximum Gasteiger partial charge on any atom is 0.278 e. The molecular weight excluding hydrogens is 411 g/mol. The highest BCUT2D eigenvalue weighted by Crippen LogP contribution is 2.37. The van der Waals surface area contributed by atoms with Gasteiger partial charge in [0.25, 0.3) is 11.8 Å². The molecule has 2 aliphatic heterocycles. The number of morpholine rings is 1. The predicted octanol–water partition coefficient (Wildman–Crippen LogP) is 3.91. The summed E-state index contributed by atoms with van der Waals surface area (Å²) >= 11 is 12.4. The van der Waals surface area contributed by atoms with E-state index >= 15 is 0 Å². The van der Waals surface area contributed by atoms with Gasteiger partial charge in [0.15, 0.2) is 0 Å². The molecule has 1 saturated heterocycles. The van der Waals surface area contributed by atoms with Crippen molar-refractivity contribution >= 4 is 40.6 Å². The van der Waals surface area contributed by atoms with Crippen molar-refractivity contribution in [2.45, 2.75) is 13.5 Å². The molecule has 7 heteroatoms. The van der Waals surface area contributed by atoms with Gasteiger partial charge in [-0.15, -0.1) is 0 Å². The first kappa shape index (κ1) is 20.0. The summed E-state index contributed by atoms with van der Waals surface area (Å²) in [5, 5.41) is 0.817. The number of ether oxygens (including phenoxy) is 1. The third-order valence-corrected chi connectivity index (χ3v) is 5.68. The quantitative estimate of drug-likeness (QED) is 0.689. The molecule has 0 bridgehead atoms. The van der Waals surface area contributed by atoms with Crippen LogP contribution in [0.5, 0.6) is 0 Å². The number of amides is 2. The number of carbonyl (C=O) groups excluding carboxylic acids is 2. The van der Waals surface area contributed by atoms with Gasteiger partial charge in [-0.1, -0.05) is 59.1 Å². The number of hydrogen-bond donors (Lipinski definition) is 0. The van der Waals surface area contributed by atoms with Gasteiger partial charge in [0.1, 0.15) is 5.70 Å². The molecule has 2 aromatic rings. The van der Waals surface area contributed by atoms with Crippen molar-refractivity contribution < 1.29 is 14.3 Å². The van der Waals surface area contributed by atoms with Gasteiger partial charge in [0.2, 0.25) is 0 Å². The van der Waals surface area contributed by atoms with Crippen LogP contribution < -0.4 is 0 Å². The van der Waals surface area contributed by atoms with Crippen LogP contribution in [-0.4, -0.2) is 47.9 Å². The number of nitrogens with zero attached hydrogens (tertiary/aromatic N) is 2. The summed E-state index contributed by atoms with van der Waals surface area (Å²) in [7, 11) is 0. The molecule has 2 aliphatic rings. The van der Waals surface area contributed by atoms with Gasteiger partial charge in [-0.3, -0.25) is 14.5 Å². The zero-order valence-electron chi connectivity index (χ0n) is 16.0. The molecule has 0 atom stereocenters. The van der Waals surface area contributed by atoms with E-state index in [0.717, 1.165) is 11.1 Å². The summed E-state index contributed by atoms with van der Waals surface area (Å²) in [6.45, 7) is 4.30. The highest BCUT2D eigenvalue weighted by atomic mass is 35.5. The monoisotopic (exact) mass is 430 g/mol. The molecule has 4 rings (SSSR count). The van der Waals surface area contributed by atoms with Crippen LogP contribution in [-0.2, 0) is 20.9 Å². The molecule has 1 fully saturated rings. The third kappa shape index (κ3) is 3.90. The summed E-state index contributed by atoms with van der Waals surface area (Å²) in [4.78, 5) is 29.9. The largest absolute Gasteiger partial charge is 0.378 e. The predicted molar refractivity (Wildman–Crippen MR) is 113 cm³/mol. The van der Waals surface area contributed by atoms with Gasteiger partial charge in [-0.05, 0) is 24.6 Å². The van der Waals surface area contributed by atoms with E-state index < -0.39 is 0 Å². The Morgan fingerprint density at radius 1 is 0.966 bits per heavy atom. The van der Waals surface area contributed by atoms with Gasteiger partial charge in [0.05, 0.1) is 30.4 Å². The number of aryl methyl sites for hydroxylation is 1. The Hall–Kier alpha value is -2.34. The fraction of sp³-hybridized carbons (Fsp3) is 0.273. The van der Waals surface area contributed by atoms with Gasteiger partial charge in [-0.25, -0.2) is 0 Å². The van der Waals surface area contributed by atoms with Crippen LogP contribution in [0.4, 0.5) is 0 Å². The molecule has 2 aromatic carbocycles. The smallest absolute Gasteiger partial charge is 0.278 e. The number of imide groups is 1. The minimum Gasteiger partial charge on any atom is -0.378 e. The molecule has 2 amide bonds. The highest BCUT2D eigenvalue weighted by molar-refractivity contribution is 6.41. The Kier molecular flexibility index (Phi) is 5.63. The minimum absolute atomic E-state index is 0.209. The summed E-state index contributed by atoms with van der Waals surface area (Å²) in [6.07, 6.45) is 0. The number of benzene rings is 2. The molecule has 0 unspecified atom stereocenters. The standard InChI is InChI=1S/C22H20Cl2N2O3/c1-14-2-4-15(5-3-14)13-26-21(27)19(17-7-6-16(23)12-18(17)24)20(22(26)28)25-8-10-29-11-9-25/h2-7,12H,8-11,13H2,1H3. The zero-order chi connectivity index (χ0) is 20.5. The van der Waals surface area contributed by atoms with Crippen molar-refractivity contribution in [3.05, 3.63) is 74.9 Å². The van der Waals surface area contributed by atoms with E-state index in [0.29, 0.717) is 53.2 Å². The lowest BCUT2D eigenvalue weighted by Crippen LogP contribution is -2.40. The number of hydrogen-bond acceptors (Lipinski definition) is 4. The molecule has 0 spiro atoms. The van der Waals surface area contributed by atoms with Crippen LogP contribution in [0.2, 0.25) is 10.0 Å². The lowest BCUT2D eigenvalue weighted by Gasteiger charge is -2.29. The van der Waals surface area contributed by atoms with Gasteiger partial charge >= 0.3 is 0 Å². The molecule has 0 aliphatic carbocycles. The third-order valence-electron chi connectivity index (χ3n) is 5.13. The molecular formula is C22H20Cl2N2O3. The van der Waals surface area contributed by atoms with Crippen LogP contribution in [0.25, 0.3) is 5.57 Å². The van der Waals surface area contributed by atoms with Crippen LogP contribution in [0.1, 0.15) is 16.7 Å². The molecule has 0 saturated carbocycles. The van der Waals surface area contributed by atoms with Gasteiger partial charge in [-0.2, -0.15) is 0 Å². The average Bonchev–Trinajstić information content (AvgIpc) is 2.95. The second-order valence-electron chi connectivity index (χ2n) is 7.13. The van der Waals surface area contributed by atoms with Crippen LogP contribution in [0.3, 0.4) is 0 Å². The van der Waals surface area contributed by atoms with Crippen LogP contribution in [0.15, 0.2) is 48.2 Å². The maximum absolute atomic E-state index is 13.4. The van der Waals surface area contributed by atoms with E-state index in [2.05, 4.69) is 0 Å². The van der Waals surface area contributed by atoms with Crippen molar-refractivity contribution in [1.82, 2.24) is 9.80 Å². The summed E-state index contributed by atoms with van der Waals surface area (Å²) in [6, 6.07) is 12.7. The van der Waals surface area contributed by atoms with Crippen molar-refractivity contribution in [3.63, 3.8) is 0 Å². The van der Waals surface area contributed by atoms with E-state index in [1.807, 2.05) is 36.1 Å². The van der Waals surface area contributed by atoms with Crippen LogP contribution in [0, 0.1) is 6.92 Å². The van der Waals surface area contributed by atoms with E-state index in [-0.39, 0.29) is 18.4 Å². The summed E-state index contributed by atoms with van der Waals surface area (Å²) < 4.78 is 5.42. The highest BCUT2D eigenvalue weighted by Gasteiger charge is 2.42.